The van der Waals surface area contributed by atoms with Crippen LogP contribution in [0.4, 0.5) is 10.1 Å². The van der Waals surface area contributed by atoms with E-state index in [4.69, 9.17) is 0 Å². The van der Waals surface area contributed by atoms with Crippen molar-refractivity contribution in [3.8, 4) is 0 Å². The predicted octanol–water partition coefficient (Wildman–Crippen LogP) is 4.23. The lowest BCUT2D eigenvalue weighted by atomic mass is 9.97. The van der Waals surface area contributed by atoms with Gasteiger partial charge in [-0.05, 0) is 81.2 Å². The molecule has 8 heteroatoms. The molecule has 6 nitrogen and oxygen atoms in total. The van der Waals surface area contributed by atoms with E-state index in [-0.39, 0.29) is 5.82 Å². The van der Waals surface area contributed by atoms with Gasteiger partial charge in [-0.25, -0.2) is 17.1 Å². The highest BCUT2D eigenvalue weighted by Crippen LogP contribution is 2.26. The first-order chi connectivity index (χ1) is 16.3. The summed E-state index contributed by atoms with van der Waals surface area (Å²) in [7, 11) is 0.149. The number of pyridine rings is 1. The monoisotopic (exact) mass is 484 g/mol. The highest BCUT2D eigenvalue weighted by molar-refractivity contribution is 7.89. The number of hydrogen-bond donors (Lipinski definition) is 0. The molecule has 4 rings (SSSR count). The fourth-order valence-corrected chi connectivity index (χ4v) is 6.15. The molecule has 1 aliphatic rings. The van der Waals surface area contributed by atoms with Gasteiger partial charge in [0.25, 0.3) is 0 Å². The molecule has 0 amide bonds. The van der Waals surface area contributed by atoms with Gasteiger partial charge in [0.1, 0.15) is 5.82 Å². The normalized spacial score (nSPS) is 15.8. The first-order valence-corrected chi connectivity index (χ1v) is 13.3. The zero-order chi connectivity index (χ0) is 24.1. The fraction of sp³-hybridized carbons (Fsp3) is 0.423. The number of hydrogen-bond acceptors (Lipinski definition) is 5. The Morgan fingerprint density at radius 1 is 1.06 bits per heavy atom. The maximum absolute atomic E-state index is 13.3. The smallest absolute Gasteiger partial charge is 0.243 e. The maximum Gasteiger partial charge on any atom is 0.243 e. The van der Waals surface area contributed by atoms with Crippen molar-refractivity contribution in [1.29, 1.82) is 0 Å². The minimum Gasteiger partial charge on any atom is -0.375 e. The van der Waals surface area contributed by atoms with Crippen LogP contribution in [0.25, 0.3) is 10.8 Å². The lowest BCUT2D eigenvalue weighted by molar-refractivity contribution is 0.172. The largest absolute Gasteiger partial charge is 0.375 e. The molecular formula is C26H33FN4O2S. The number of nitrogens with zero attached hydrogens (tertiary/aromatic N) is 4. The second kappa shape index (κ2) is 10.8. The Labute approximate surface area is 202 Å². The maximum atomic E-state index is 13.3. The molecule has 0 radical (unpaired) electrons. The summed E-state index contributed by atoms with van der Waals surface area (Å²) in [6.45, 7) is 4.42. The second-order valence-corrected chi connectivity index (χ2v) is 11.2. The summed E-state index contributed by atoms with van der Waals surface area (Å²) in [5.41, 5.74) is 1.02. The van der Waals surface area contributed by atoms with Crippen LogP contribution in [0.5, 0.6) is 0 Å². The van der Waals surface area contributed by atoms with Gasteiger partial charge in [0, 0.05) is 56.0 Å². The van der Waals surface area contributed by atoms with Gasteiger partial charge in [0.15, 0.2) is 0 Å². The molecule has 34 heavy (non-hydrogen) atoms. The van der Waals surface area contributed by atoms with Crippen molar-refractivity contribution < 1.29 is 12.8 Å². The average molecular weight is 485 g/mol. The number of piperidine rings is 1. The Bertz CT molecular complexity index is 1190. The molecular weight excluding hydrogens is 451 g/mol. The summed E-state index contributed by atoms with van der Waals surface area (Å²) >= 11 is 0. The van der Waals surface area contributed by atoms with E-state index in [2.05, 4.69) is 14.8 Å². The summed E-state index contributed by atoms with van der Waals surface area (Å²) in [6, 6.07) is 13.7. The first-order valence-electron chi connectivity index (χ1n) is 11.8. The van der Waals surface area contributed by atoms with E-state index >= 15 is 0 Å². The van der Waals surface area contributed by atoms with Gasteiger partial charge >= 0.3 is 0 Å². The highest BCUT2D eigenvalue weighted by Gasteiger charge is 2.27. The van der Waals surface area contributed by atoms with Crippen molar-refractivity contribution in [2.45, 2.75) is 24.2 Å². The van der Waals surface area contributed by atoms with Crippen LogP contribution in [-0.2, 0) is 10.0 Å². The van der Waals surface area contributed by atoms with Gasteiger partial charge in [0.05, 0.1) is 4.90 Å². The summed E-state index contributed by atoms with van der Waals surface area (Å²) in [4.78, 5) is 9.05. The number of rotatable bonds is 9. The Morgan fingerprint density at radius 3 is 2.53 bits per heavy atom. The van der Waals surface area contributed by atoms with E-state index in [9.17, 15) is 12.8 Å². The number of fused-ring (bicyclic) bond motifs is 1. The summed E-state index contributed by atoms with van der Waals surface area (Å²) < 4.78 is 41.2. The summed E-state index contributed by atoms with van der Waals surface area (Å²) in [5, 5.41) is 1.54. The van der Waals surface area contributed by atoms with Crippen molar-refractivity contribution in [3.05, 3.63) is 66.7 Å². The number of sulfonamides is 1. The molecule has 2 heterocycles. The Balaban J connectivity index is 1.25. The minimum atomic E-state index is -3.57. The van der Waals surface area contributed by atoms with Crippen molar-refractivity contribution in [3.63, 3.8) is 0 Å². The van der Waals surface area contributed by atoms with E-state index in [0.717, 1.165) is 56.5 Å². The van der Waals surface area contributed by atoms with Crippen LogP contribution in [0.2, 0.25) is 0 Å². The van der Waals surface area contributed by atoms with Gasteiger partial charge in [-0.15, -0.1) is 0 Å². The average Bonchev–Trinajstić information content (AvgIpc) is 2.85. The molecule has 1 saturated heterocycles. The Hall–Kier alpha value is -2.55. The van der Waals surface area contributed by atoms with E-state index in [0.29, 0.717) is 22.7 Å². The lowest BCUT2D eigenvalue weighted by Crippen LogP contribution is -2.40. The summed E-state index contributed by atoms with van der Waals surface area (Å²) in [5.74, 6) is 0.141. The first kappa shape index (κ1) is 24.6. The molecule has 0 saturated carbocycles. The molecule has 3 aromatic rings. The van der Waals surface area contributed by atoms with Crippen molar-refractivity contribution in [2.75, 3.05) is 51.7 Å². The molecule has 0 N–H and O–H groups in total. The number of benzene rings is 2. The minimum absolute atomic E-state index is 0.215. The molecule has 1 aromatic heterocycles. The molecule has 2 aromatic carbocycles. The second-order valence-electron chi connectivity index (χ2n) is 9.18. The van der Waals surface area contributed by atoms with Crippen molar-refractivity contribution in [2.24, 2.45) is 5.92 Å². The van der Waals surface area contributed by atoms with Gasteiger partial charge in [-0.2, -0.15) is 0 Å². The van der Waals surface area contributed by atoms with Gasteiger partial charge in [-0.1, -0.05) is 12.1 Å². The van der Waals surface area contributed by atoms with E-state index < -0.39 is 10.0 Å². The zero-order valence-corrected chi connectivity index (χ0v) is 20.7. The third-order valence-electron chi connectivity index (χ3n) is 6.79. The SMILES string of the molecule is CN(CCCN1CCC(CN(C)S(=O)(=O)c2cccc3cnccc23)CC1)c1ccc(F)cc1. The number of aromatic nitrogens is 1. The summed E-state index contributed by atoms with van der Waals surface area (Å²) in [6.07, 6.45) is 6.35. The molecule has 1 fully saturated rings. The topological polar surface area (TPSA) is 56.8 Å². The Morgan fingerprint density at radius 2 is 1.79 bits per heavy atom. The molecule has 0 unspecified atom stereocenters. The van der Waals surface area contributed by atoms with Crippen molar-refractivity contribution in [1.82, 2.24) is 14.2 Å². The lowest BCUT2D eigenvalue weighted by Gasteiger charge is -2.34. The zero-order valence-electron chi connectivity index (χ0n) is 19.9. The number of likely N-dealkylation sites (tertiary alicyclic amines) is 1. The van der Waals surface area contributed by atoms with Crippen molar-refractivity contribution >= 4 is 26.5 Å². The Kier molecular flexibility index (Phi) is 7.80. The molecule has 182 valence electrons. The standard InChI is InChI=1S/C26H33FN4O2S/c1-29(24-9-7-23(27)8-10-24)15-4-16-31-17-12-21(13-18-31)20-30(2)34(32,33)26-6-3-5-22-19-28-14-11-25(22)26/h3,5-11,14,19,21H,4,12-13,15-18,20H2,1-2H3. The number of halogens is 1. The molecule has 0 bridgehead atoms. The molecule has 0 aliphatic carbocycles. The van der Waals surface area contributed by atoms with E-state index in [1.165, 1.54) is 16.4 Å². The van der Waals surface area contributed by atoms with Crippen LogP contribution in [0, 0.1) is 11.7 Å². The van der Waals surface area contributed by atoms with E-state index in [1.54, 1.807) is 49.8 Å². The van der Waals surface area contributed by atoms with Crippen LogP contribution in [0.15, 0.2) is 65.8 Å². The molecule has 0 spiro atoms. The predicted molar refractivity (Wildman–Crippen MR) is 135 cm³/mol. The van der Waals surface area contributed by atoms with Crippen LogP contribution in [0.1, 0.15) is 19.3 Å². The van der Waals surface area contributed by atoms with Crippen LogP contribution in [-0.4, -0.2) is 69.4 Å². The van der Waals surface area contributed by atoms with Crippen LogP contribution < -0.4 is 4.90 Å². The van der Waals surface area contributed by atoms with Crippen LogP contribution >= 0.6 is 0 Å². The van der Waals surface area contributed by atoms with Gasteiger partial charge in [-0.3, -0.25) is 4.98 Å². The van der Waals surface area contributed by atoms with Gasteiger partial charge < -0.3 is 9.80 Å². The quantitative estimate of drug-likeness (QED) is 0.455. The third kappa shape index (κ3) is 5.74. The van der Waals surface area contributed by atoms with Crippen LogP contribution in [0.3, 0.4) is 0 Å². The molecule has 0 atom stereocenters. The van der Waals surface area contributed by atoms with E-state index in [1.807, 2.05) is 13.1 Å². The third-order valence-corrected chi connectivity index (χ3v) is 8.67. The number of anilines is 1. The fourth-order valence-electron chi connectivity index (χ4n) is 4.70. The van der Waals surface area contributed by atoms with Gasteiger partial charge in [0.2, 0.25) is 10.0 Å². The molecule has 1 aliphatic heterocycles. The highest BCUT2D eigenvalue weighted by atomic mass is 32.2.